The van der Waals surface area contributed by atoms with E-state index in [-0.39, 0.29) is 0 Å². The van der Waals surface area contributed by atoms with Crippen molar-refractivity contribution >= 4 is 7.60 Å². The van der Waals surface area contributed by atoms with E-state index in [2.05, 4.69) is 19.2 Å². The van der Waals surface area contributed by atoms with E-state index < -0.39 is 7.60 Å². The first-order valence-electron chi connectivity index (χ1n) is 6.93. The fourth-order valence-corrected chi connectivity index (χ4v) is 3.44. The van der Waals surface area contributed by atoms with E-state index in [1.165, 1.54) is 19.3 Å². The van der Waals surface area contributed by atoms with E-state index in [4.69, 9.17) is 9.05 Å². The molecule has 0 N–H and O–H groups in total. The highest BCUT2D eigenvalue weighted by Crippen LogP contribution is 2.57. The summed E-state index contributed by atoms with van der Waals surface area (Å²) in [5.41, 5.74) is 2.76. The maximum absolute atomic E-state index is 12.5. The quantitative estimate of drug-likeness (QED) is 0.292. The number of unbranched alkanes of at least 4 members (excludes halogenated alkanes) is 4. The van der Waals surface area contributed by atoms with Gasteiger partial charge in [-0.15, -0.1) is 5.73 Å². The van der Waals surface area contributed by atoms with Gasteiger partial charge in [-0.3, -0.25) is 4.57 Å². The third kappa shape index (κ3) is 6.56. The molecule has 0 bridgehead atoms. The van der Waals surface area contributed by atoms with Gasteiger partial charge in [0.1, 0.15) is 0 Å². The van der Waals surface area contributed by atoms with Crippen LogP contribution in [-0.2, 0) is 13.6 Å². The van der Waals surface area contributed by atoms with Gasteiger partial charge in [0.2, 0.25) is 0 Å². The van der Waals surface area contributed by atoms with Gasteiger partial charge in [-0.1, -0.05) is 39.2 Å². The van der Waals surface area contributed by atoms with Crippen molar-refractivity contribution in [3.05, 3.63) is 17.6 Å². The standard InChI is InChI=1S/C14H27O3P/c1-5-9-10-11-12-13-14(6-2)18(15,16-7-3)17-8-4/h2,5,7-13H2,1,3-4H3. The maximum Gasteiger partial charge on any atom is 0.364 e. The van der Waals surface area contributed by atoms with Crippen molar-refractivity contribution in [1.82, 2.24) is 0 Å². The molecule has 0 aromatic carbocycles. The van der Waals surface area contributed by atoms with Crippen molar-refractivity contribution in [3.63, 3.8) is 0 Å². The van der Waals surface area contributed by atoms with E-state index in [1.54, 1.807) is 0 Å². The molecule has 0 unspecified atom stereocenters. The molecule has 0 rings (SSSR count). The fourth-order valence-electron chi connectivity index (χ4n) is 1.75. The monoisotopic (exact) mass is 274 g/mol. The summed E-state index contributed by atoms with van der Waals surface area (Å²) in [6.45, 7) is 10.2. The van der Waals surface area contributed by atoms with Gasteiger partial charge in [0.25, 0.3) is 0 Å². The van der Waals surface area contributed by atoms with Gasteiger partial charge < -0.3 is 9.05 Å². The Balaban J connectivity index is 4.36. The molecule has 0 saturated heterocycles. The summed E-state index contributed by atoms with van der Waals surface area (Å²) in [6.07, 6.45) is 6.51. The maximum atomic E-state index is 12.5. The third-order valence-corrected chi connectivity index (χ3v) is 4.89. The van der Waals surface area contributed by atoms with Crippen molar-refractivity contribution in [1.29, 1.82) is 0 Å². The van der Waals surface area contributed by atoms with E-state index in [9.17, 15) is 4.57 Å². The van der Waals surface area contributed by atoms with E-state index in [0.29, 0.717) is 24.9 Å². The molecule has 4 heteroatoms. The first kappa shape index (κ1) is 17.7. The third-order valence-electron chi connectivity index (χ3n) is 2.65. The largest absolute Gasteiger partial charge is 0.364 e. The Morgan fingerprint density at radius 3 is 2.06 bits per heavy atom. The number of allylic oxidation sites excluding steroid dienone is 1. The Labute approximate surface area is 112 Å². The average Bonchev–Trinajstić information content (AvgIpc) is 2.34. The summed E-state index contributed by atoms with van der Waals surface area (Å²) < 4.78 is 23.1. The smallest absolute Gasteiger partial charge is 0.305 e. The average molecular weight is 274 g/mol. The highest BCUT2D eigenvalue weighted by molar-refractivity contribution is 7.58. The van der Waals surface area contributed by atoms with E-state index in [0.717, 1.165) is 12.8 Å². The normalized spacial score (nSPS) is 11.3. The van der Waals surface area contributed by atoms with Crippen molar-refractivity contribution in [2.75, 3.05) is 13.2 Å². The summed E-state index contributed by atoms with van der Waals surface area (Å²) in [6, 6.07) is 0. The zero-order valence-electron chi connectivity index (χ0n) is 12.0. The first-order chi connectivity index (χ1) is 8.64. The molecule has 0 aromatic heterocycles. The molecule has 3 nitrogen and oxygen atoms in total. The minimum Gasteiger partial charge on any atom is -0.305 e. The minimum absolute atomic E-state index is 0.373. The van der Waals surface area contributed by atoms with E-state index >= 15 is 0 Å². The van der Waals surface area contributed by atoms with Gasteiger partial charge >= 0.3 is 7.60 Å². The van der Waals surface area contributed by atoms with Crippen LogP contribution < -0.4 is 0 Å². The van der Waals surface area contributed by atoms with Crippen LogP contribution in [0.2, 0.25) is 0 Å². The Kier molecular flexibility index (Phi) is 10.4. The molecule has 0 radical (unpaired) electrons. The van der Waals surface area contributed by atoms with Crippen molar-refractivity contribution in [3.8, 4) is 0 Å². The lowest BCUT2D eigenvalue weighted by Gasteiger charge is -2.18. The second kappa shape index (κ2) is 10.6. The van der Waals surface area contributed by atoms with Crippen LogP contribution in [0.4, 0.5) is 0 Å². The molecule has 0 aromatic rings. The molecule has 0 aliphatic carbocycles. The van der Waals surface area contributed by atoms with Crippen LogP contribution in [0.15, 0.2) is 17.6 Å². The highest BCUT2D eigenvalue weighted by Gasteiger charge is 2.28. The summed E-state index contributed by atoms with van der Waals surface area (Å²) in [4.78, 5) is 0. The van der Waals surface area contributed by atoms with Crippen LogP contribution in [0.3, 0.4) is 0 Å². The summed E-state index contributed by atoms with van der Waals surface area (Å²) in [5.74, 6) is 0. The van der Waals surface area contributed by atoms with Crippen molar-refractivity contribution in [2.45, 2.75) is 59.3 Å². The zero-order valence-corrected chi connectivity index (χ0v) is 12.9. The summed E-state index contributed by atoms with van der Waals surface area (Å²) in [5, 5.41) is 0.600. The number of hydrogen-bond donors (Lipinski definition) is 0. The molecule has 0 spiro atoms. The Morgan fingerprint density at radius 2 is 1.61 bits per heavy atom. The van der Waals surface area contributed by atoms with Gasteiger partial charge in [0, 0.05) is 0 Å². The molecule has 18 heavy (non-hydrogen) atoms. The van der Waals surface area contributed by atoms with Gasteiger partial charge in [0.05, 0.1) is 18.5 Å². The summed E-state index contributed by atoms with van der Waals surface area (Å²) in [7, 11) is -3.14. The minimum atomic E-state index is -3.14. The molecular weight excluding hydrogens is 247 g/mol. The molecule has 0 heterocycles. The predicted molar refractivity (Wildman–Crippen MR) is 76.9 cm³/mol. The molecule has 0 atom stereocenters. The van der Waals surface area contributed by atoms with Crippen molar-refractivity contribution < 1.29 is 13.6 Å². The lowest BCUT2D eigenvalue weighted by molar-refractivity contribution is 0.225. The molecule has 0 aliphatic heterocycles. The van der Waals surface area contributed by atoms with Crippen LogP contribution in [0.1, 0.15) is 59.3 Å². The Bertz CT molecular complexity index is 296. The van der Waals surface area contributed by atoms with Crippen LogP contribution in [0.5, 0.6) is 0 Å². The number of rotatable bonds is 11. The topological polar surface area (TPSA) is 35.5 Å². The van der Waals surface area contributed by atoms with Crippen LogP contribution in [-0.4, -0.2) is 13.2 Å². The molecule has 0 fully saturated rings. The zero-order chi connectivity index (χ0) is 13.9. The number of hydrogen-bond acceptors (Lipinski definition) is 3. The SMILES string of the molecule is C=C=C(CCCCCCC)P(=O)(OCC)OCC. The molecular formula is C14H27O3P. The van der Waals surface area contributed by atoms with Gasteiger partial charge in [-0.2, -0.15) is 0 Å². The van der Waals surface area contributed by atoms with Crippen LogP contribution >= 0.6 is 7.60 Å². The van der Waals surface area contributed by atoms with Crippen LogP contribution in [0, 0.1) is 0 Å². The highest BCUT2D eigenvalue weighted by atomic mass is 31.2. The van der Waals surface area contributed by atoms with Gasteiger partial charge in [0.15, 0.2) is 0 Å². The fraction of sp³-hybridized carbons (Fsp3) is 0.786. The predicted octanol–water partition coefficient (Wildman–Crippen LogP) is 5.28. The van der Waals surface area contributed by atoms with Gasteiger partial charge in [-0.25, -0.2) is 0 Å². The van der Waals surface area contributed by atoms with Gasteiger partial charge in [-0.05, 0) is 26.7 Å². The summed E-state index contributed by atoms with van der Waals surface area (Å²) >= 11 is 0. The second-order valence-corrected chi connectivity index (χ2v) is 6.17. The first-order valence-corrected chi connectivity index (χ1v) is 8.47. The van der Waals surface area contributed by atoms with E-state index in [1.807, 2.05) is 13.8 Å². The molecule has 106 valence electrons. The molecule has 0 aliphatic rings. The lowest BCUT2D eigenvalue weighted by Crippen LogP contribution is -1.98. The van der Waals surface area contributed by atoms with Crippen LogP contribution in [0.25, 0.3) is 0 Å². The Hall–Kier alpha value is -0.330. The molecule has 0 saturated carbocycles. The molecule has 0 amide bonds. The Morgan fingerprint density at radius 1 is 1.06 bits per heavy atom. The second-order valence-electron chi connectivity index (χ2n) is 4.12. The lowest BCUT2D eigenvalue weighted by atomic mass is 10.1. The van der Waals surface area contributed by atoms with Crippen molar-refractivity contribution in [2.24, 2.45) is 0 Å².